The van der Waals surface area contributed by atoms with E-state index in [-0.39, 0.29) is 5.91 Å². The molecule has 0 aromatic carbocycles. The second-order valence-corrected chi connectivity index (χ2v) is 4.86. The third-order valence-electron chi connectivity index (χ3n) is 3.71. The number of amides is 1. The average molecular weight is 232 g/mol. The van der Waals surface area contributed by atoms with Gasteiger partial charge in [-0.05, 0) is 24.0 Å². The van der Waals surface area contributed by atoms with Gasteiger partial charge in [-0.15, -0.1) is 0 Å². The quantitative estimate of drug-likeness (QED) is 0.712. The van der Waals surface area contributed by atoms with Gasteiger partial charge in [-0.3, -0.25) is 4.79 Å². The summed E-state index contributed by atoms with van der Waals surface area (Å²) < 4.78 is 0. The molecule has 2 saturated heterocycles. The van der Waals surface area contributed by atoms with E-state index in [0.717, 1.165) is 26.2 Å². The van der Waals surface area contributed by atoms with E-state index in [2.05, 4.69) is 10.3 Å². The molecule has 1 aromatic rings. The van der Waals surface area contributed by atoms with Gasteiger partial charge in [-0.1, -0.05) is 0 Å². The molecule has 2 aliphatic heterocycles. The molecule has 90 valence electrons. The molecule has 1 unspecified atom stereocenters. The van der Waals surface area contributed by atoms with Gasteiger partial charge in [0.05, 0.1) is 5.56 Å². The van der Waals surface area contributed by atoms with Crippen molar-refractivity contribution in [1.82, 2.24) is 15.2 Å². The lowest BCUT2D eigenvalue weighted by Crippen LogP contribution is -2.31. The van der Waals surface area contributed by atoms with Gasteiger partial charge in [0.25, 0.3) is 5.91 Å². The average Bonchev–Trinajstić information content (AvgIpc) is 2.89. The van der Waals surface area contributed by atoms with E-state index in [9.17, 15) is 4.79 Å². The Morgan fingerprint density at radius 2 is 2.06 bits per heavy atom. The van der Waals surface area contributed by atoms with E-state index in [1.165, 1.54) is 0 Å². The number of nitrogens with two attached hydrogens (primary N) is 1. The lowest BCUT2D eigenvalue weighted by atomic mass is 10.0. The van der Waals surface area contributed by atoms with Crippen molar-refractivity contribution < 1.29 is 4.79 Å². The maximum atomic E-state index is 12.2. The highest BCUT2D eigenvalue weighted by Crippen LogP contribution is 2.27. The number of rotatable bonds is 1. The van der Waals surface area contributed by atoms with Crippen LogP contribution in [0.1, 0.15) is 10.4 Å². The number of anilines is 1. The highest BCUT2D eigenvalue weighted by molar-refractivity contribution is 5.94. The molecule has 0 bridgehead atoms. The summed E-state index contributed by atoms with van der Waals surface area (Å²) in [6.07, 6.45) is 1.56. The fourth-order valence-electron chi connectivity index (χ4n) is 2.74. The Kier molecular flexibility index (Phi) is 2.48. The molecular weight excluding hydrogens is 216 g/mol. The SMILES string of the molecule is Nc1ccc(C(=O)N2CC3CNC[C@H]3C2)cn1. The number of fused-ring (bicyclic) bond motifs is 1. The van der Waals surface area contributed by atoms with Gasteiger partial charge in [-0.25, -0.2) is 4.98 Å². The van der Waals surface area contributed by atoms with Gasteiger partial charge in [-0.2, -0.15) is 0 Å². The first-order chi connectivity index (χ1) is 8.24. The van der Waals surface area contributed by atoms with Gasteiger partial charge in [0.2, 0.25) is 0 Å². The Bertz CT molecular complexity index is 419. The highest BCUT2D eigenvalue weighted by Gasteiger charge is 2.38. The third kappa shape index (κ3) is 1.86. The van der Waals surface area contributed by atoms with Crippen LogP contribution in [0.2, 0.25) is 0 Å². The van der Waals surface area contributed by atoms with Crippen LogP contribution in [0.5, 0.6) is 0 Å². The molecule has 3 heterocycles. The van der Waals surface area contributed by atoms with Crippen molar-refractivity contribution >= 4 is 11.7 Å². The number of carbonyl (C=O) groups is 1. The van der Waals surface area contributed by atoms with Crippen molar-refractivity contribution in [2.24, 2.45) is 11.8 Å². The van der Waals surface area contributed by atoms with E-state index < -0.39 is 0 Å². The second-order valence-electron chi connectivity index (χ2n) is 4.86. The summed E-state index contributed by atoms with van der Waals surface area (Å²) in [5.74, 6) is 1.78. The molecule has 2 atom stereocenters. The summed E-state index contributed by atoms with van der Waals surface area (Å²) in [6.45, 7) is 3.80. The summed E-state index contributed by atoms with van der Waals surface area (Å²) in [6, 6.07) is 3.42. The minimum Gasteiger partial charge on any atom is -0.384 e. The standard InChI is InChI=1S/C12H16N4O/c13-11-2-1-8(5-15-11)12(17)16-6-9-3-14-4-10(9)7-16/h1-2,5,9-10,14H,3-4,6-7H2,(H2,13,15)/t9-,10?/m0/s1. The fraction of sp³-hybridized carbons (Fsp3) is 0.500. The fourth-order valence-corrected chi connectivity index (χ4v) is 2.74. The van der Waals surface area contributed by atoms with E-state index >= 15 is 0 Å². The molecule has 0 radical (unpaired) electrons. The molecule has 1 aromatic heterocycles. The normalized spacial score (nSPS) is 27.2. The van der Waals surface area contributed by atoms with Crippen LogP contribution in [0.4, 0.5) is 5.82 Å². The van der Waals surface area contributed by atoms with E-state index in [1.807, 2.05) is 4.90 Å². The lowest BCUT2D eigenvalue weighted by Gasteiger charge is -2.17. The van der Waals surface area contributed by atoms with Gasteiger partial charge in [0.15, 0.2) is 0 Å². The van der Waals surface area contributed by atoms with E-state index in [0.29, 0.717) is 23.2 Å². The Hall–Kier alpha value is -1.62. The number of nitrogens with one attached hydrogen (secondary N) is 1. The van der Waals surface area contributed by atoms with Crippen LogP contribution in [0.15, 0.2) is 18.3 Å². The van der Waals surface area contributed by atoms with Crippen LogP contribution in [0.25, 0.3) is 0 Å². The zero-order valence-electron chi connectivity index (χ0n) is 9.60. The van der Waals surface area contributed by atoms with Crippen molar-refractivity contribution in [2.75, 3.05) is 31.9 Å². The predicted octanol–water partition coefficient (Wildman–Crippen LogP) is -0.0448. The maximum absolute atomic E-state index is 12.2. The topological polar surface area (TPSA) is 71.2 Å². The summed E-state index contributed by atoms with van der Waals surface area (Å²) in [7, 11) is 0. The molecule has 3 rings (SSSR count). The van der Waals surface area contributed by atoms with Crippen molar-refractivity contribution in [1.29, 1.82) is 0 Å². The first-order valence-corrected chi connectivity index (χ1v) is 5.95. The van der Waals surface area contributed by atoms with Crippen LogP contribution in [-0.4, -0.2) is 42.0 Å². The van der Waals surface area contributed by atoms with E-state index in [4.69, 9.17) is 5.73 Å². The Morgan fingerprint density at radius 1 is 1.35 bits per heavy atom. The molecular formula is C12H16N4O. The number of hydrogen-bond acceptors (Lipinski definition) is 4. The van der Waals surface area contributed by atoms with E-state index in [1.54, 1.807) is 18.3 Å². The number of pyridine rings is 1. The molecule has 0 aliphatic carbocycles. The monoisotopic (exact) mass is 232 g/mol. The van der Waals surface area contributed by atoms with Crippen molar-refractivity contribution in [2.45, 2.75) is 0 Å². The second kappa shape index (κ2) is 4.00. The van der Waals surface area contributed by atoms with Gasteiger partial charge < -0.3 is 16.0 Å². The Morgan fingerprint density at radius 3 is 2.65 bits per heavy atom. The van der Waals surface area contributed by atoms with Crippen molar-refractivity contribution in [3.63, 3.8) is 0 Å². The van der Waals surface area contributed by atoms with Crippen molar-refractivity contribution in [3.05, 3.63) is 23.9 Å². The molecule has 17 heavy (non-hydrogen) atoms. The summed E-state index contributed by atoms with van der Waals surface area (Å²) in [5, 5.41) is 3.36. The number of carbonyl (C=O) groups excluding carboxylic acids is 1. The number of aromatic nitrogens is 1. The molecule has 2 fully saturated rings. The molecule has 2 aliphatic rings. The number of hydrogen-bond donors (Lipinski definition) is 2. The zero-order valence-corrected chi connectivity index (χ0v) is 9.60. The first-order valence-electron chi connectivity index (χ1n) is 5.95. The lowest BCUT2D eigenvalue weighted by molar-refractivity contribution is 0.0781. The van der Waals surface area contributed by atoms with Crippen LogP contribution in [-0.2, 0) is 0 Å². The smallest absolute Gasteiger partial charge is 0.255 e. The number of nitrogen functional groups attached to an aromatic ring is 1. The Balaban J connectivity index is 1.73. The minimum atomic E-state index is 0.0758. The number of nitrogens with zero attached hydrogens (tertiary/aromatic N) is 2. The molecule has 0 saturated carbocycles. The zero-order chi connectivity index (χ0) is 11.8. The molecule has 1 amide bonds. The van der Waals surface area contributed by atoms with Crippen LogP contribution in [0, 0.1) is 11.8 Å². The highest BCUT2D eigenvalue weighted by atomic mass is 16.2. The molecule has 5 heteroatoms. The summed E-state index contributed by atoms with van der Waals surface area (Å²) in [4.78, 5) is 18.1. The minimum absolute atomic E-state index is 0.0758. The van der Waals surface area contributed by atoms with Gasteiger partial charge >= 0.3 is 0 Å². The maximum Gasteiger partial charge on any atom is 0.255 e. The predicted molar refractivity (Wildman–Crippen MR) is 64.4 cm³/mol. The van der Waals surface area contributed by atoms with Crippen LogP contribution < -0.4 is 11.1 Å². The van der Waals surface area contributed by atoms with Gasteiger partial charge in [0.1, 0.15) is 5.82 Å². The van der Waals surface area contributed by atoms with Crippen LogP contribution in [0.3, 0.4) is 0 Å². The first kappa shape index (κ1) is 10.5. The largest absolute Gasteiger partial charge is 0.384 e. The molecule has 3 N–H and O–H groups in total. The molecule has 0 spiro atoms. The van der Waals surface area contributed by atoms with Gasteiger partial charge in [0, 0.05) is 32.4 Å². The molecule has 5 nitrogen and oxygen atoms in total. The van der Waals surface area contributed by atoms with Crippen LogP contribution >= 0.6 is 0 Å². The van der Waals surface area contributed by atoms with Crippen molar-refractivity contribution in [3.8, 4) is 0 Å². The third-order valence-corrected chi connectivity index (χ3v) is 3.71. The number of likely N-dealkylation sites (tertiary alicyclic amines) is 1. The summed E-state index contributed by atoms with van der Waals surface area (Å²) in [5.41, 5.74) is 6.14. The summed E-state index contributed by atoms with van der Waals surface area (Å²) >= 11 is 0. The Labute approximate surface area is 100 Å².